The van der Waals surface area contributed by atoms with E-state index in [1.165, 1.54) is 6.07 Å². The number of nitrogens with zero attached hydrogens (tertiary/aromatic N) is 5. The van der Waals surface area contributed by atoms with Gasteiger partial charge >= 0.3 is 6.03 Å². The van der Waals surface area contributed by atoms with Gasteiger partial charge in [0.1, 0.15) is 0 Å². The SMILES string of the molecule is Cn1cc(CNC(=O)N2CCN(c3ncccc3F)CC2)cn1. The fourth-order valence-corrected chi connectivity index (χ4v) is 2.58. The summed E-state index contributed by atoms with van der Waals surface area (Å²) in [6.07, 6.45) is 5.16. The van der Waals surface area contributed by atoms with E-state index in [4.69, 9.17) is 0 Å². The van der Waals surface area contributed by atoms with E-state index in [1.807, 2.05) is 18.1 Å². The van der Waals surface area contributed by atoms with Crippen molar-refractivity contribution in [2.45, 2.75) is 6.54 Å². The molecule has 122 valence electrons. The van der Waals surface area contributed by atoms with Crippen LogP contribution < -0.4 is 10.2 Å². The fraction of sp³-hybridized carbons (Fsp3) is 0.400. The van der Waals surface area contributed by atoms with Crippen molar-refractivity contribution < 1.29 is 9.18 Å². The van der Waals surface area contributed by atoms with Crippen LogP contribution in [0.25, 0.3) is 0 Å². The normalized spacial score (nSPS) is 14.9. The van der Waals surface area contributed by atoms with Crippen molar-refractivity contribution in [3.05, 3.63) is 42.1 Å². The third-order valence-corrected chi connectivity index (χ3v) is 3.81. The first-order chi connectivity index (χ1) is 11.1. The van der Waals surface area contributed by atoms with Crippen molar-refractivity contribution >= 4 is 11.8 Å². The summed E-state index contributed by atoms with van der Waals surface area (Å²) in [6, 6.07) is 2.85. The molecule has 1 aliphatic rings. The minimum Gasteiger partial charge on any atom is -0.351 e. The van der Waals surface area contributed by atoms with Gasteiger partial charge in [0.05, 0.1) is 6.20 Å². The predicted octanol–water partition coefficient (Wildman–Crippen LogP) is 0.986. The molecule has 0 saturated carbocycles. The summed E-state index contributed by atoms with van der Waals surface area (Å²) in [6.45, 7) is 2.65. The molecule has 1 aliphatic heterocycles. The van der Waals surface area contributed by atoms with E-state index in [1.54, 1.807) is 28.0 Å². The van der Waals surface area contributed by atoms with Crippen molar-refractivity contribution in [3.8, 4) is 0 Å². The van der Waals surface area contributed by atoms with Gasteiger partial charge in [-0.15, -0.1) is 0 Å². The molecule has 23 heavy (non-hydrogen) atoms. The summed E-state index contributed by atoms with van der Waals surface area (Å²) in [5.74, 6) is 0.0184. The number of rotatable bonds is 3. The molecule has 3 heterocycles. The van der Waals surface area contributed by atoms with Crippen LogP contribution in [0.1, 0.15) is 5.56 Å². The molecule has 0 spiro atoms. The van der Waals surface area contributed by atoms with Gasteiger partial charge in [0.15, 0.2) is 11.6 Å². The number of carbonyl (C=O) groups is 1. The summed E-state index contributed by atoms with van der Waals surface area (Å²) in [7, 11) is 1.83. The molecule has 0 atom stereocenters. The molecule has 0 radical (unpaired) electrons. The lowest BCUT2D eigenvalue weighted by molar-refractivity contribution is 0.193. The number of carbonyl (C=O) groups excluding carboxylic acids is 1. The zero-order valence-corrected chi connectivity index (χ0v) is 12.9. The molecule has 0 bridgehead atoms. The van der Waals surface area contributed by atoms with Gasteiger partial charge in [-0.1, -0.05) is 0 Å². The van der Waals surface area contributed by atoms with Gasteiger partial charge in [-0.05, 0) is 12.1 Å². The maximum atomic E-state index is 13.7. The fourth-order valence-electron chi connectivity index (χ4n) is 2.58. The van der Waals surface area contributed by atoms with Gasteiger partial charge in [-0.25, -0.2) is 14.2 Å². The molecular weight excluding hydrogens is 299 g/mol. The zero-order valence-electron chi connectivity index (χ0n) is 12.9. The topological polar surface area (TPSA) is 66.3 Å². The van der Waals surface area contributed by atoms with Gasteiger partial charge in [-0.2, -0.15) is 5.10 Å². The van der Waals surface area contributed by atoms with Gasteiger partial charge in [0.25, 0.3) is 0 Å². The Morgan fingerprint density at radius 1 is 1.35 bits per heavy atom. The Morgan fingerprint density at radius 2 is 2.13 bits per heavy atom. The van der Waals surface area contributed by atoms with Crippen LogP contribution in [0.5, 0.6) is 0 Å². The van der Waals surface area contributed by atoms with Crippen molar-refractivity contribution in [1.29, 1.82) is 0 Å². The summed E-state index contributed by atoms with van der Waals surface area (Å²) < 4.78 is 15.4. The second kappa shape index (κ2) is 6.64. The highest BCUT2D eigenvalue weighted by atomic mass is 19.1. The highest BCUT2D eigenvalue weighted by Crippen LogP contribution is 2.17. The molecule has 0 aromatic carbocycles. The number of anilines is 1. The monoisotopic (exact) mass is 318 g/mol. The molecule has 2 aromatic rings. The van der Waals surface area contributed by atoms with E-state index < -0.39 is 0 Å². The molecule has 7 nitrogen and oxygen atoms in total. The van der Waals surface area contributed by atoms with E-state index in [2.05, 4.69) is 15.4 Å². The molecule has 2 amide bonds. The standard InChI is InChI=1S/C15H19FN6O/c1-20-11-12(10-19-20)9-18-15(23)22-7-5-21(6-8-22)14-13(16)3-2-4-17-14/h2-4,10-11H,5-9H2,1H3,(H,18,23). The first-order valence-corrected chi connectivity index (χ1v) is 7.49. The smallest absolute Gasteiger partial charge is 0.317 e. The van der Waals surface area contributed by atoms with Crippen LogP contribution in [0.4, 0.5) is 15.0 Å². The molecule has 1 fully saturated rings. The van der Waals surface area contributed by atoms with Crippen LogP contribution in [0.15, 0.2) is 30.7 Å². The molecule has 1 saturated heterocycles. The van der Waals surface area contributed by atoms with E-state index in [0.717, 1.165) is 5.56 Å². The van der Waals surface area contributed by atoms with Gasteiger partial charge in [-0.3, -0.25) is 4.68 Å². The predicted molar refractivity (Wildman–Crippen MR) is 83.4 cm³/mol. The Balaban J connectivity index is 1.50. The number of amides is 2. The number of aromatic nitrogens is 3. The van der Waals surface area contributed by atoms with Gasteiger partial charge in [0, 0.05) is 57.7 Å². The number of piperazine rings is 1. The van der Waals surface area contributed by atoms with Crippen molar-refractivity contribution in [2.24, 2.45) is 7.05 Å². The number of hydrogen-bond donors (Lipinski definition) is 1. The highest BCUT2D eigenvalue weighted by molar-refractivity contribution is 5.74. The van der Waals surface area contributed by atoms with Crippen LogP contribution in [-0.2, 0) is 13.6 Å². The third-order valence-electron chi connectivity index (χ3n) is 3.81. The maximum absolute atomic E-state index is 13.7. The van der Waals surface area contributed by atoms with Gasteiger partial charge < -0.3 is 15.1 Å². The first-order valence-electron chi connectivity index (χ1n) is 7.49. The quantitative estimate of drug-likeness (QED) is 0.916. The Hall–Kier alpha value is -2.64. The highest BCUT2D eigenvalue weighted by Gasteiger charge is 2.23. The Morgan fingerprint density at radius 3 is 2.78 bits per heavy atom. The second-order valence-corrected chi connectivity index (χ2v) is 5.46. The van der Waals surface area contributed by atoms with Crippen molar-refractivity contribution in [3.63, 3.8) is 0 Å². The van der Waals surface area contributed by atoms with E-state index >= 15 is 0 Å². The van der Waals surface area contributed by atoms with Crippen LogP contribution >= 0.6 is 0 Å². The molecular formula is C15H19FN6O. The largest absolute Gasteiger partial charge is 0.351 e. The Labute approximate surface area is 133 Å². The number of halogens is 1. The average Bonchev–Trinajstić information content (AvgIpc) is 2.99. The van der Waals surface area contributed by atoms with Crippen molar-refractivity contribution in [1.82, 2.24) is 25.0 Å². The lowest BCUT2D eigenvalue weighted by Gasteiger charge is -2.35. The van der Waals surface area contributed by atoms with E-state index in [9.17, 15) is 9.18 Å². The number of aryl methyl sites for hydroxylation is 1. The van der Waals surface area contributed by atoms with Crippen LogP contribution in [0.3, 0.4) is 0 Å². The summed E-state index contributed by atoms with van der Waals surface area (Å²) >= 11 is 0. The molecule has 0 aliphatic carbocycles. The third kappa shape index (κ3) is 3.58. The van der Waals surface area contributed by atoms with Gasteiger partial charge in [0.2, 0.25) is 0 Å². The van der Waals surface area contributed by atoms with Crippen LogP contribution in [-0.4, -0.2) is 51.9 Å². The summed E-state index contributed by atoms with van der Waals surface area (Å²) in [5.41, 5.74) is 0.954. The lowest BCUT2D eigenvalue weighted by atomic mass is 10.3. The van der Waals surface area contributed by atoms with Crippen LogP contribution in [0.2, 0.25) is 0 Å². The van der Waals surface area contributed by atoms with E-state index in [-0.39, 0.29) is 11.8 Å². The molecule has 1 N–H and O–H groups in total. The number of hydrogen-bond acceptors (Lipinski definition) is 4. The first kappa shape index (κ1) is 15.3. The molecule has 0 unspecified atom stereocenters. The summed E-state index contributed by atoms with van der Waals surface area (Å²) in [5, 5.41) is 6.93. The van der Waals surface area contributed by atoms with E-state index in [0.29, 0.717) is 38.5 Å². The van der Waals surface area contributed by atoms with Crippen LogP contribution in [0, 0.1) is 5.82 Å². The average molecular weight is 318 g/mol. The minimum absolute atomic E-state index is 0.116. The molecule has 8 heteroatoms. The Kier molecular flexibility index (Phi) is 4.40. The summed E-state index contributed by atoms with van der Waals surface area (Å²) in [4.78, 5) is 19.8. The minimum atomic E-state index is -0.332. The number of nitrogens with one attached hydrogen (secondary N) is 1. The second-order valence-electron chi connectivity index (χ2n) is 5.46. The zero-order chi connectivity index (χ0) is 16.2. The maximum Gasteiger partial charge on any atom is 0.317 e. The molecule has 2 aromatic heterocycles. The molecule has 3 rings (SSSR count). The lowest BCUT2D eigenvalue weighted by Crippen LogP contribution is -2.52. The number of pyridine rings is 1. The van der Waals surface area contributed by atoms with Crippen molar-refractivity contribution in [2.75, 3.05) is 31.1 Å². The number of urea groups is 1. The Bertz CT molecular complexity index is 680.